The SMILES string of the molecule is COCCOc1ccc(C(=O)Oc2ccc(I)cc2)cc1. The molecule has 0 aliphatic heterocycles. The topological polar surface area (TPSA) is 44.8 Å². The van der Waals surface area contributed by atoms with Gasteiger partial charge in [-0.25, -0.2) is 4.79 Å². The summed E-state index contributed by atoms with van der Waals surface area (Å²) in [6.07, 6.45) is 0. The zero-order chi connectivity index (χ0) is 15.1. The molecule has 0 radical (unpaired) electrons. The molecule has 0 aromatic heterocycles. The van der Waals surface area contributed by atoms with Gasteiger partial charge < -0.3 is 14.2 Å². The second kappa shape index (κ2) is 7.99. The lowest BCUT2D eigenvalue weighted by Gasteiger charge is -2.07. The van der Waals surface area contributed by atoms with Gasteiger partial charge in [0.2, 0.25) is 0 Å². The van der Waals surface area contributed by atoms with Crippen molar-refractivity contribution in [3.63, 3.8) is 0 Å². The first-order chi connectivity index (χ1) is 10.2. The molecule has 0 unspecified atom stereocenters. The van der Waals surface area contributed by atoms with Crippen molar-refractivity contribution < 1.29 is 19.0 Å². The van der Waals surface area contributed by atoms with Gasteiger partial charge in [0.15, 0.2) is 0 Å². The number of carbonyl (C=O) groups excluding carboxylic acids is 1. The molecule has 0 saturated carbocycles. The Balaban J connectivity index is 1.94. The fourth-order valence-electron chi connectivity index (χ4n) is 1.60. The zero-order valence-electron chi connectivity index (χ0n) is 11.5. The molecular weight excluding hydrogens is 383 g/mol. The van der Waals surface area contributed by atoms with Crippen LogP contribution in [0.4, 0.5) is 0 Å². The number of hydrogen-bond donors (Lipinski definition) is 0. The molecule has 2 aromatic rings. The molecule has 4 nitrogen and oxygen atoms in total. The third-order valence-electron chi connectivity index (χ3n) is 2.67. The van der Waals surface area contributed by atoms with Crippen molar-refractivity contribution >= 4 is 28.6 Å². The van der Waals surface area contributed by atoms with Crippen molar-refractivity contribution in [1.29, 1.82) is 0 Å². The molecule has 0 heterocycles. The number of esters is 1. The number of rotatable bonds is 6. The Kier molecular flexibility index (Phi) is 6.01. The fraction of sp³-hybridized carbons (Fsp3) is 0.188. The van der Waals surface area contributed by atoms with Crippen LogP contribution in [0.25, 0.3) is 0 Å². The van der Waals surface area contributed by atoms with Crippen molar-refractivity contribution in [2.75, 3.05) is 20.3 Å². The van der Waals surface area contributed by atoms with E-state index in [4.69, 9.17) is 14.2 Å². The third-order valence-corrected chi connectivity index (χ3v) is 3.39. The smallest absolute Gasteiger partial charge is 0.343 e. The Morgan fingerprint density at radius 3 is 2.19 bits per heavy atom. The normalized spacial score (nSPS) is 10.2. The standard InChI is InChI=1S/C16H15IO4/c1-19-10-11-20-14-6-2-12(3-7-14)16(18)21-15-8-4-13(17)5-9-15/h2-9H,10-11H2,1H3. The predicted molar refractivity (Wildman–Crippen MR) is 87.9 cm³/mol. The lowest BCUT2D eigenvalue weighted by Crippen LogP contribution is -2.09. The summed E-state index contributed by atoms with van der Waals surface area (Å²) in [5.41, 5.74) is 0.479. The molecule has 0 fully saturated rings. The first-order valence-electron chi connectivity index (χ1n) is 6.38. The van der Waals surface area contributed by atoms with E-state index in [0.717, 1.165) is 3.57 Å². The number of hydrogen-bond acceptors (Lipinski definition) is 4. The Hall–Kier alpha value is -1.60. The third kappa shape index (κ3) is 5.02. The van der Waals surface area contributed by atoms with E-state index in [1.54, 1.807) is 43.5 Å². The van der Waals surface area contributed by atoms with E-state index in [1.807, 2.05) is 12.1 Å². The van der Waals surface area contributed by atoms with Crippen molar-refractivity contribution in [3.05, 3.63) is 57.7 Å². The lowest BCUT2D eigenvalue weighted by atomic mass is 10.2. The summed E-state index contributed by atoms with van der Waals surface area (Å²) in [5, 5.41) is 0. The van der Waals surface area contributed by atoms with Crippen LogP contribution in [-0.4, -0.2) is 26.3 Å². The van der Waals surface area contributed by atoms with E-state index in [-0.39, 0.29) is 5.97 Å². The molecule has 110 valence electrons. The molecule has 0 spiro atoms. The summed E-state index contributed by atoms with van der Waals surface area (Å²) >= 11 is 2.20. The number of benzene rings is 2. The highest BCUT2D eigenvalue weighted by atomic mass is 127. The quantitative estimate of drug-likeness (QED) is 0.323. The molecule has 2 aromatic carbocycles. The van der Waals surface area contributed by atoms with Gasteiger partial charge in [-0.2, -0.15) is 0 Å². The number of ether oxygens (including phenoxy) is 3. The highest BCUT2D eigenvalue weighted by molar-refractivity contribution is 14.1. The number of methoxy groups -OCH3 is 1. The Labute approximate surface area is 137 Å². The molecule has 0 aliphatic carbocycles. The second-order valence-electron chi connectivity index (χ2n) is 4.21. The summed E-state index contributed by atoms with van der Waals surface area (Å²) in [6.45, 7) is 1.000. The van der Waals surface area contributed by atoms with Gasteiger partial charge in [-0.15, -0.1) is 0 Å². The van der Waals surface area contributed by atoms with Crippen LogP contribution in [0.2, 0.25) is 0 Å². The average molecular weight is 398 g/mol. The molecular formula is C16H15IO4. The maximum Gasteiger partial charge on any atom is 0.343 e. The maximum atomic E-state index is 12.0. The van der Waals surface area contributed by atoms with Gasteiger partial charge in [-0.3, -0.25) is 0 Å². The first-order valence-corrected chi connectivity index (χ1v) is 7.46. The van der Waals surface area contributed by atoms with E-state index in [2.05, 4.69) is 22.6 Å². The van der Waals surface area contributed by atoms with Crippen LogP contribution in [-0.2, 0) is 4.74 Å². The summed E-state index contributed by atoms with van der Waals surface area (Å²) in [6, 6.07) is 14.1. The molecule has 5 heteroatoms. The molecule has 0 aliphatic rings. The molecule has 0 atom stereocenters. The maximum absolute atomic E-state index is 12.0. The minimum absolute atomic E-state index is 0.389. The van der Waals surface area contributed by atoms with Crippen LogP contribution in [0.5, 0.6) is 11.5 Å². The van der Waals surface area contributed by atoms with Gasteiger partial charge in [0, 0.05) is 10.7 Å². The first kappa shape index (κ1) is 15.8. The van der Waals surface area contributed by atoms with Crippen LogP contribution >= 0.6 is 22.6 Å². The van der Waals surface area contributed by atoms with Crippen molar-refractivity contribution in [3.8, 4) is 11.5 Å². The van der Waals surface area contributed by atoms with Crippen LogP contribution in [0.3, 0.4) is 0 Å². The average Bonchev–Trinajstić information content (AvgIpc) is 2.50. The van der Waals surface area contributed by atoms with E-state index in [9.17, 15) is 4.79 Å². The predicted octanol–water partition coefficient (Wildman–Crippen LogP) is 3.54. The molecule has 2 rings (SSSR count). The van der Waals surface area contributed by atoms with Gasteiger partial charge in [-0.05, 0) is 71.1 Å². The summed E-state index contributed by atoms with van der Waals surface area (Å²) in [4.78, 5) is 12.0. The van der Waals surface area contributed by atoms with E-state index in [1.165, 1.54) is 0 Å². The van der Waals surface area contributed by atoms with Gasteiger partial charge in [-0.1, -0.05) is 0 Å². The Morgan fingerprint density at radius 1 is 0.952 bits per heavy atom. The van der Waals surface area contributed by atoms with E-state index >= 15 is 0 Å². The van der Waals surface area contributed by atoms with Crippen LogP contribution < -0.4 is 9.47 Å². The molecule has 21 heavy (non-hydrogen) atoms. The van der Waals surface area contributed by atoms with Crippen LogP contribution in [0, 0.1) is 3.57 Å². The minimum Gasteiger partial charge on any atom is -0.491 e. The zero-order valence-corrected chi connectivity index (χ0v) is 13.7. The van der Waals surface area contributed by atoms with E-state index < -0.39 is 0 Å². The van der Waals surface area contributed by atoms with Crippen molar-refractivity contribution in [2.45, 2.75) is 0 Å². The van der Waals surface area contributed by atoms with Gasteiger partial charge in [0.1, 0.15) is 18.1 Å². The fourth-order valence-corrected chi connectivity index (χ4v) is 1.96. The summed E-state index contributed by atoms with van der Waals surface area (Å²) in [7, 11) is 1.62. The summed E-state index contributed by atoms with van der Waals surface area (Å²) < 4.78 is 16.7. The molecule has 0 amide bonds. The van der Waals surface area contributed by atoms with Crippen molar-refractivity contribution in [1.82, 2.24) is 0 Å². The molecule has 0 N–H and O–H groups in total. The van der Waals surface area contributed by atoms with Gasteiger partial charge in [0.25, 0.3) is 0 Å². The van der Waals surface area contributed by atoms with Gasteiger partial charge in [0.05, 0.1) is 12.2 Å². The Bertz CT molecular complexity index is 578. The molecule has 0 bridgehead atoms. The number of carbonyl (C=O) groups is 1. The largest absolute Gasteiger partial charge is 0.491 e. The number of halogens is 1. The molecule has 0 saturated heterocycles. The van der Waals surface area contributed by atoms with E-state index in [0.29, 0.717) is 30.3 Å². The van der Waals surface area contributed by atoms with Crippen molar-refractivity contribution in [2.24, 2.45) is 0 Å². The summed E-state index contributed by atoms with van der Waals surface area (Å²) in [5.74, 6) is 0.832. The monoisotopic (exact) mass is 398 g/mol. The van der Waals surface area contributed by atoms with Crippen LogP contribution in [0.1, 0.15) is 10.4 Å². The second-order valence-corrected chi connectivity index (χ2v) is 5.45. The van der Waals surface area contributed by atoms with Crippen LogP contribution in [0.15, 0.2) is 48.5 Å². The highest BCUT2D eigenvalue weighted by Gasteiger charge is 2.08. The highest BCUT2D eigenvalue weighted by Crippen LogP contribution is 2.17. The Morgan fingerprint density at radius 2 is 1.57 bits per heavy atom. The lowest BCUT2D eigenvalue weighted by molar-refractivity contribution is 0.0734. The van der Waals surface area contributed by atoms with Gasteiger partial charge >= 0.3 is 5.97 Å². The minimum atomic E-state index is -0.389.